The van der Waals surface area contributed by atoms with Crippen LogP contribution in [-0.4, -0.2) is 17.7 Å². The number of nitrogens with zero attached hydrogens (tertiary/aromatic N) is 1. The number of aromatic nitrogens is 1. The minimum Gasteiger partial charge on any atom is -1.00 e. The summed E-state index contributed by atoms with van der Waals surface area (Å²) >= 11 is 0. The predicted molar refractivity (Wildman–Crippen MR) is 139 cm³/mol. The standard InChI is InChI=1S/C15H22F3N.C9H12N2.C2H6.C2H2.HI.Rb/c1-11(2)13(10-12(3)15(16,17)18)7-8-14-6-4-5-9-19-14;10-9-8-4-2-1-3-7(8)5-6-11-9;2*1-2;;/h8,10-11,19H,3-7,9H2,1-2H3;5-6H,1-4H2,(H2,10,11);1-2H3;1-2H;1H;/q;;;;;+1/p-1/b13-10-,14-8-;;;;;. The van der Waals surface area contributed by atoms with Crippen molar-refractivity contribution < 1.29 is 95.3 Å². The summed E-state index contributed by atoms with van der Waals surface area (Å²) in [6.45, 7) is 11.9. The molecule has 0 amide bonds. The molecular weight excluding hydrogens is 648 g/mol. The van der Waals surface area contributed by atoms with E-state index in [0.29, 0.717) is 6.42 Å². The van der Waals surface area contributed by atoms with Crippen LogP contribution in [-0.2, 0) is 12.8 Å². The van der Waals surface area contributed by atoms with Gasteiger partial charge in [-0.15, -0.1) is 12.8 Å². The van der Waals surface area contributed by atoms with Gasteiger partial charge in [0.15, 0.2) is 0 Å². The molecule has 2 aliphatic rings. The molecule has 1 saturated heterocycles. The fourth-order valence-electron chi connectivity index (χ4n) is 3.65. The van der Waals surface area contributed by atoms with Crippen molar-refractivity contribution in [2.24, 2.45) is 5.92 Å². The van der Waals surface area contributed by atoms with E-state index in [4.69, 9.17) is 5.73 Å². The molecule has 0 spiro atoms. The van der Waals surface area contributed by atoms with E-state index in [2.05, 4.69) is 35.8 Å². The number of pyridine rings is 1. The topological polar surface area (TPSA) is 50.9 Å². The number of alkyl halides is 3. The van der Waals surface area contributed by atoms with Crippen molar-refractivity contribution in [3.63, 3.8) is 0 Å². The summed E-state index contributed by atoms with van der Waals surface area (Å²) in [5, 5.41) is 3.29. The Labute approximate surface area is 283 Å². The monoisotopic (exact) mass is 689 g/mol. The maximum absolute atomic E-state index is 12.5. The molecule has 0 saturated carbocycles. The van der Waals surface area contributed by atoms with Gasteiger partial charge in [0.25, 0.3) is 0 Å². The van der Waals surface area contributed by atoms with Gasteiger partial charge < -0.3 is 35.0 Å². The third-order valence-electron chi connectivity index (χ3n) is 5.58. The zero-order valence-electron chi connectivity index (χ0n) is 22.6. The second-order valence-corrected chi connectivity index (χ2v) is 8.26. The van der Waals surface area contributed by atoms with Gasteiger partial charge in [0.2, 0.25) is 0 Å². The Bertz CT molecular complexity index is 823. The summed E-state index contributed by atoms with van der Waals surface area (Å²) in [5.41, 5.74) is 9.57. The molecule has 1 aromatic heterocycles. The molecular formula is C28H42F3IN3Rb. The van der Waals surface area contributed by atoms with Crippen LogP contribution in [0.5, 0.6) is 0 Å². The first-order valence-corrected chi connectivity index (χ1v) is 12.1. The number of piperidine rings is 1. The molecule has 3 N–H and O–H groups in total. The number of nitrogens with two attached hydrogens (primary N) is 1. The summed E-state index contributed by atoms with van der Waals surface area (Å²) in [6, 6.07) is 2.09. The molecule has 3 nitrogen and oxygen atoms in total. The van der Waals surface area contributed by atoms with Crippen molar-refractivity contribution in [3.05, 3.63) is 59.0 Å². The fourth-order valence-corrected chi connectivity index (χ4v) is 3.65. The first-order valence-electron chi connectivity index (χ1n) is 12.1. The van der Waals surface area contributed by atoms with Gasteiger partial charge in [-0.05, 0) is 74.5 Å². The number of rotatable bonds is 4. The molecule has 0 aromatic carbocycles. The van der Waals surface area contributed by atoms with E-state index in [1.165, 1.54) is 36.5 Å². The minimum atomic E-state index is -4.34. The Morgan fingerprint density at radius 2 is 1.72 bits per heavy atom. The molecule has 1 aromatic rings. The van der Waals surface area contributed by atoms with Gasteiger partial charge in [-0.2, -0.15) is 13.2 Å². The molecule has 1 fully saturated rings. The van der Waals surface area contributed by atoms with E-state index in [9.17, 15) is 13.2 Å². The van der Waals surface area contributed by atoms with Gasteiger partial charge >= 0.3 is 64.4 Å². The van der Waals surface area contributed by atoms with E-state index >= 15 is 0 Å². The molecule has 2 heterocycles. The van der Waals surface area contributed by atoms with Crippen LogP contribution in [0.2, 0.25) is 0 Å². The number of nitrogens with one attached hydrogen (secondary N) is 1. The van der Waals surface area contributed by atoms with Gasteiger partial charge in [0.1, 0.15) is 5.82 Å². The van der Waals surface area contributed by atoms with Crippen molar-refractivity contribution in [3.8, 4) is 12.8 Å². The molecule has 0 bridgehead atoms. The predicted octanol–water partition coefficient (Wildman–Crippen LogP) is 1.56. The number of terminal acetylenes is 1. The average molecular weight is 690 g/mol. The van der Waals surface area contributed by atoms with Gasteiger partial charge in [0.05, 0.1) is 0 Å². The second kappa shape index (κ2) is 22.8. The Hall–Kier alpha value is -0.145. The molecule has 0 atom stereocenters. The Morgan fingerprint density at radius 1 is 1.14 bits per heavy atom. The van der Waals surface area contributed by atoms with Crippen LogP contribution in [0.15, 0.2) is 47.8 Å². The smallest absolute Gasteiger partial charge is 1.00 e. The van der Waals surface area contributed by atoms with Crippen LogP contribution in [0.3, 0.4) is 0 Å². The van der Waals surface area contributed by atoms with E-state index in [-0.39, 0.29) is 88.1 Å². The average Bonchev–Trinajstić information content (AvgIpc) is 2.85. The number of fused-ring (bicyclic) bond motifs is 1. The van der Waals surface area contributed by atoms with Crippen LogP contribution < -0.4 is 93.2 Å². The SMILES string of the molecule is C#C.C=C(/C=C(/C/C=C1/CCCCN1)C(C)C)C(F)(F)F.CC.Nc1nccc2c1CCCC2.[I-].[Rb+]. The van der Waals surface area contributed by atoms with Gasteiger partial charge in [-0.25, -0.2) is 4.98 Å². The first-order chi connectivity index (χ1) is 16.2. The fraction of sp³-hybridized carbons (Fsp3) is 0.536. The van der Waals surface area contributed by atoms with Crippen molar-refractivity contribution in [2.45, 2.75) is 85.2 Å². The van der Waals surface area contributed by atoms with Crippen LogP contribution in [0, 0.1) is 18.8 Å². The largest absolute Gasteiger partial charge is 1.00 e. The van der Waals surface area contributed by atoms with Crippen LogP contribution in [0.25, 0.3) is 0 Å². The minimum absolute atomic E-state index is 0. The maximum atomic E-state index is 12.5. The van der Waals surface area contributed by atoms with Crippen molar-refractivity contribution >= 4 is 5.82 Å². The normalized spacial score (nSPS) is 15.5. The third kappa shape index (κ3) is 16.0. The molecule has 8 heteroatoms. The number of hydrogen-bond donors (Lipinski definition) is 2. The Balaban J connectivity index is -0.000000547. The molecule has 198 valence electrons. The summed E-state index contributed by atoms with van der Waals surface area (Å²) in [5.74, 6) is 0.821. The summed E-state index contributed by atoms with van der Waals surface area (Å²) in [7, 11) is 0. The van der Waals surface area contributed by atoms with Crippen LogP contribution in [0.4, 0.5) is 19.0 Å². The Morgan fingerprint density at radius 3 is 2.22 bits per heavy atom. The number of nitrogen functional groups attached to an aromatic ring is 1. The number of allylic oxidation sites excluding steroid dienone is 5. The van der Waals surface area contributed by atoms with Crippen LogP contribution in [0.1, 0.15) is 77.3 Å². The van der Waals surface area contributed by atoms with Crippen molar-refractivity contribution in [2.75, 3.05) is 12.3 Å². The Kier molecular flexibility index (Phi) is 25.6. The zero-order valence-corrected chi connectivity index (χ0v) is 29.7. The molecule has 0 unspecified atom stereocenters. The molecule has 3 rings (SSSR count). The maximum Gasteiger partial charge on any atom is 1.00 e. The van der Waals surface area contributed by atoms with Gasteiger partial charge in [-0.1, -0.05) is 52.0 Å². The van der Waals surface area contributed by atoms with E-state index in [1.54, 1.807) is 6.20 Å². The first kappa shape index (κ1) is 40.4. The van der Waals surface area contributed by atoms with E-state index < -0.39 is 11.7 Å². The number of aryl methyl sites for hydroxylation is 1. The van der Waals surface area contributed by atoms with Crippen molar-refractivity contribution in [1.29, 1.82) is 0 Å². The number of halogens is 4. The van der Waals surface area contributed by atoms with Crippen molar-refractivity contribution in [1.82, 2.24) is 10.3 Å². The third-order valence-corrected chi connectivity index (χ3v) is 5.58. The van der Waals surface area contributed by atoms with E-state index in [1.807, 2.05) is 33.8 Å². The quantitative estimate of drug-likeness (QED) is 0.287. The summed E-state index contributed by atoms with van der Waals surface area (Å²) < 4.78 is 37.5. The van der Waals surface area contributed by atoms with E-state index in [0.717, 1.165) is 49.3 Å². The van der Waals surface area contributed by atoms with Crippen LogP contribution >= 0.6 is 0 Å². The summed E-state index contributed by atoms with van der Waals surface area (Å²) in [6.07, 6.45) is 17.4. The molecule has 0 radical (unpaired) electrons. The number of anilines is 1. The van der Waals surface area contributed by atoms with Gasteiger partial charge in [0, 0.05) is 24.0 Å². The summed E-state index contributed by atoms with van der Waals surface area (Å²) in [4.78, 5) is 4.07. The second-order valence-electron chi connectivity index (χ2n) is 8.26. The molecule has 1 aliphatic carbocycles. The van der Waals surface area contributed by atoms with Gasteiger partial charge in [-0.3, -0.25) is 0 Å². The molecule has 36 heavy (non-hydrogen) atoms. The number of hydrogen-bond acceptors (Lipinski definition) is 3. The molecule has 1 aliphatic heterocycles. The zero-order chi connectivity index (χ0) is 26.1.